The van der Waals surface area contributed by atoms with Gasteiger partial charge in [0, 0.05) is 31.7 Å². The Morgan fingerprint density at radius 2 is 2.00 bits per heavy atom. The van der Waals surface area contributed by atoms with Crippen LogP contribution in [0.5, 0.6) is 11.5 Å². The maximum Gasteiger partial charge on any atom is 0.422 e. The molecular formula is C24H29F4N3O4. The molecule has 0 radical (unpaired) electrons. The zero-order valence-electron chi connectivity index (χ0n) is 19.3. The lowest BCUT2D eigenvalue weighted by molar-refractivity contribution is -0.153. The van der Waals surface area contributed by atoms with Crippen LogP contribution >= 0.6 is 0 Å². The van der Waals surface area contributed by atoms with E-state index in [1.165, 1.54) is 6.07 Å². The third-order valence-electron chi connectivity index (χ3n) is 5.54. The van der Waals surface area contributed by atoms with E-state index in [0.29, 0.717) is 31.6 Å². The first-order valence-electron chi connectivity index (χ1n) is 11.2. The summed E-state index contributed by atoms with van der Waals surface area (Å²) in [5, 5.41) is 12.5. The maximum absolute atomic E-state index is 13.4. The van der Waals surface area contributed by atoms with E-state index in [9.17, 15) is 27.5 Å². The molecule has 0 saturated heterocycles. The number of halogens is 4. The average Bonchev–Trinajstić information content (AvgIpc) is 3.18. The lowest BCUT2D eigenvalue weighted by atomic mass is 9.98. The molecule has 2 aromatic carbocycles. The number of aliphatic hydroxyl groups excluding tert-OH is 1. The number of carbonyl (C=O) groups is 1. The number of amides is 1. The van der Waals surface area contributed by atoms with Gasteiger partial charge in [-0.2, -0.15) is 13.2 Å². The van der Waals surface area contributed by atoms with Gasteiger partial charge in [-0.1, -0.05) is 6.07 Å². The lowest BCUT2D eigenvalue weighted by Crippen LogP contribution is -2.32. The van der Waals surface area contributed by atoms with Gasteiger partial charge in [0.1, 0.15) is 12.4 Å². The Morgan fingerprint density at radius 3 is 2.69 bits per heavy atom. The first-order chi connectivity index (χ1) is 16.6. The number of hydrogen-bond acceptors (Lipinski definition) is 6. The first kappa shape index (κ1) is 26.6. The molecule has 11 heteroatoms. The summed E-state index contributed by atoms with van der Waals surface area (Å²) in [6.45, 7) is 2.01. The van der Waals surface area contributed by atoms with E-state index in [1.807, 2.05) is 17.9 Å². The molecule has 1 aliphatic heterocycles. The molecular weight excluding hydrogens is 470 g/mol. The van der Waals surface area contributed by atoms with Crippen molar-refractivity contribution in [3.05, 3.63) is 52.8 Å². The fraction of sp³-hybridized carbons (Fsp3) is 0.458. The van der Waals surface area contributed by atoms with E-state index in [4.69, 9.17) is 10.5 Å². The van der Waals surface area contributed by atoms with Gasteiger partial charge in [-0.05, 0) is 49.1 Å². The van der Waals surface area contributed by atoms with Crippen molar-refractivity contribution in [3.8, 4) is 11.5 Å². The highest BCUT2D eigenvalue weighted by atomic mass is 19.4. The lowest BCUT2D eigenvalue weighted by Gasteiger charge is -2.21. The number of alkyl halides is 3. The third-order valence-corrected chi connectivity index (χ3v) is 5.54. The molecule has 7 nitrogen and oxygen atoms in total. The predicted octanol–water partition coefficient (Wildman–Crippen LogP) is 2.82. The van der Waals surface area contributed by atoms with Crippen LogP contribution in [0.3, 0.4) is 0 Å². The minimum absolute atomic E-state index is 0.0125. The molecule has 4 N–H and O–H groups in total. The van der Waals surface area contributed by atoms with Gasteiger partial charge in [0.2, 0.25) is 0 Å². The number of primary amides is 1. The van der Waals surface area contributed by atoms with Gasteiger partial charge in [0.25, 0.3) is 5.91 Å². The SMILES string of the molecule is CC(Cc1cc2c(c(C(N)=O)c1)N(CCO)CC2)NCCOc1ccc(F)cc1OCC(F)(F)F. The standard InChI is InChI=1S/C24H29F4N3O4/c1-15(10-16-11-17-4-6-31(7-8-32)22(17)19(12-16)23(29)33)30-5-9-34-20-3-2-18(25)13-21(20)35-14-24(26,27)28/h2-3,11-13,15,30,32H,4-10,14H2,1H3,(H2,29,33). The van der Waals surface area contributed by atoms with Crippen molar-refractivity contribution in [2.45, 2.75) is 32.0 Å². The van der Waals surface area contributed by atoms with Crippen LogP contribution in [0.15, 0.2) is 30.3 Å². The molecule has 0 fully saturated rings. The molecule has 1 atom stereocenters. The third kappa shape index (κ3) is 7.46. The molecule has 0 bridgehead atoms. The number of nitrogens with zero attached hydrogens (tertiary/aromatic N) is 1. The monoisotopic (exact) mass is 499 g/mol. The van der Waals surface area contributed by atoms with Gasteiger partial charge < -0.3 is 30.5 Å². The van der Waals surface area contributed by atoms with E-state index in [-0.39, 0.29) is 30.8 Å². The van der Waals surface area contributed by atoms with Crippen LogP contribution in [0.1, 0.15) is 28.4 Å². The second-order valence-corrected chi connectivity index (χ2v) is 8.38. The highest BCUT2D eigenvalue weighted by Gasteiger charge is 2.29. The van der Waals surface area contributed by atoms with E-state index >= 15 is 0 Å². The number of fused-ring (bicyclic) bond motifs is 1. The molecule has 0 spiro atoms. The van der Waals surface area contributed by atoms with E-state index in [0.717, 1.165) is 35.4 Å². The second-order valence-electron chi connectivity index (χ2n) is 8.38. The van der Waals surface area contributed by atoms with Gasteiger partial charge in [0.05, 0.1) is 17.9 Å². The van der Waals surface area contributed by atoms with Gasteiger partial charge >= 0.3 is 6.18 Å². The van der Waals surface area contributed by atoms with Crippen molar-refractivity contribution in [2.24, 2.45) is 5.73 Å². The highest BCUT2D eigenvalue weighted by molar-refractivity contribution is 6.00. The minimum atomic E-state index is -4.55. The number of ether oxygens (including phenoxy) is 2. The van der Waals surface area contributed by atoms with Crippen molar-refractivity contribution in [1.82, 2.24) is 5.32 Å². The number of nitrogens with one attached hydrogen (secondary N) is 1. The Balaban J connectivity index is 1.55. The molecule has 1 amide bonds. The Bertz CT molecular complexity index is 1030. The molecule has 0 aliphatic carbocycles. The zero-order valence-corrected chi connectivity index (χ0v) is 19.3. The number of carbonyl (C=O) groups excluding carboxylic acids is 1. The molecule has 1 unspecified atom stereocenters. The molecule has 0 saturated carbocycles. The number of anilines is 1. The summed E-state index contributed by atoms with van der Waals surface area (Å²) in [6.07, 6.45) is -3.19. The van der Waals surface area contributed by atoms with Crippen molar-refractivity contribution in [1.29, 1.82) is 0 Å². The molecule has 192 valence electrons. The average molecular weight is 500 g/mol. The number of nitrogens with two attached hydrogens (primary N) is 1. The number of β-amino-alcohol motifs (C(OH)–C–C–N with tert-alkyl or cyclic N) is 1. The molecule has 1 aliphatic rings. The maximum atomic E-state index is 13.4. The fourth-order valence-electron chi connectivity index (χ4n) is 4.11. The van der Waals surface area contributed by atoms with E-state index in [1.54, 1.807) is 6.07 Å². The largest absolute Gasteiger partial charge is 0.488 e. The summed E-state index contributed by atoms with van der Waals surface area (Å²) in [4.78, 5) is 14.0. The quantitative estimate of drug-likeness (QED) is 0.307. The summed E-state index contributed by atoms with van der Waals surface area (Å²) >= 11 is 0. The number of rotatable bonds is 12. The van der Waals surface area contributed by atoms with Gasteiger partial charge in [0.15, 0.2) is 18.1 Å². The van der Waals surface area contributed by atoms with Crippen molar-refractivity contribution >= 4 is 11.6 Å². The number of aliphatic hydroxyl groups is 1. The first-order valence-corrected chi connectivity index (χ1v) is 11.2. The topological polar surface area (TPSA) is 97.1 Å². The van der Waals surface area contributed by atoms with Crippen LogP contribution in [0.25, 0.3) is 0 Å². The van der Waals surface area contributed by atoms with Crippen molar-refractivity contribution in [2.75, 3.05) is 44.4 Å². The predicted molar refractivity (Wildman–Crippen MR) is 123 cm³/mol. The van der Waals surface area contributed by atoms with E-state index < -0.39 is 24.5 Å². The van der Waals surface area contributed by atoms with Gasteiger partial charge in [-0.25, -0.2) is 4.39 Å². The van der Waals surface area contributed by atoms with Gasteiger partial charge in [-0.15, -0.1) is 0 Å². The van der Waals surface area contributed by atoms with Crippen molar-refractivity contribution < 1.29 is 36.9 Å². The van der Waals surface area contributed by atoms with Crippen LogP contribution in [0, 0.1) is 5.82 Å². The number of hydrogen-bond donors (Lipinski definition) is 3. The molecule has 1 heterocycles. The summed E-state index contributed by atoms with van der Waals surface area (Å²) in [5.41, 5.74) is 8.78. The van der Waals surface area contributed by atoms with E-state index in [2.05, 4.69) is 10.1 Å². The number of benzene rings is 2. The molecule has 3 rings (SSSR count). The Kier molecular flexibility index (Phi) is 8.79. The van der Waals surface area contributed by atoms with Crippen LogP contribution in [0.4, 0.5) is 23.2 Å². The summed E-state index contributed by atoms with van der Waals surface area (Å²) < 4.78 is 60.9. The second kappa shape index (κ2) is 11.6. The fourth-order valence-corrected chi connectivity index (χ4v) is 4.11. The Hall–Kier alpha value is -3.05. The molecule has 0 aromatic heterocycles. The zero-order chi connectivity index (χ0) is 25.6. The Labute approximate surface area is 200 Å². The van der Waals surface area contributed by atoms with Crippen LogP contribution in [-0.4, -0.2) is 62.7 Å². The minimum Gasteiger partial charge on any atom is -0.488 e. The Morgan fingerprint density at radius 1 is 1.23 bits per heavy atom. The smallest absolute Gasteiger partial charge is 0.422 e. The molecule has 35 heavy (non-hydrogen) atoms. The summed E-state index contributed by atoms with van der Waals surface area (Å²) in [5.74, 6) is -1.56. The van der Waals surface area contributed by atoms with Crippen LogP contribution in [0.2, 0.25) is 0 Å². The highest BCUT2D eigenvalue weighted by Crippen LogP contribution is 2.33. The van der Waals surface area contributed by atoms with Crippen LogP contribution in [-0.2, 0) is 12.8 Å². The van der Waals surface area contributed by atoms with Crippen LogP contribution < -0.4 is 25.4 Å². The van der Waals surface area contributed by atoms with Gasteiger partial charge in [-0.3, -0.25) is 4.79 Å². The normalized spacial score (nSPS) is 14.1. The summed E-state index contributed by atoms with van der Waals surface area (Å²) in [7, 11) is 0. The molecule has 2 aromatic rings. The van der Waals surface area contributed by atoms with Crippen molar-refractivity contribution in [3.63, 3.8) is 0 Å². The summed E-state index contributed by atoms with van der Waals surface area (Å²) in [6, 6.07) is 6.95.